The summed E-state index contributed by atoms with van der Waals surface area (Å²) in [5, 5.41) is 17.1. The van der Waals surface area contributed by atoms with E-state index in [2.05, 4.69) is 38.5 Å². The molecular weight excluding hydrogens is 742 g/mol. The molecule has 1 aromatic heterocycles. The zero-order chi connectivity index (χ0) is 39.9. The van der Waals surface area contributed by atoms with Crippen molar-refractivity contribution < 1.29 is 24.3 Å². The maximum Gasteiger partial charge on any atom is 0.255 e. The first kappa shape index (κ1) is 40.8. The monoisotopic (exact) mass is 797 g/mol. The van der Waals surface area contributed by atoms with Crippen LogP contribution in [0.3, 0.4) is 0 Å². The van der Waals surface area contributed by atoms with Gasteiger partial charge in [-0.15, -0.1) is 0 Å². The van der Waals surface area contributed by atoms with E-state index < -0.39 is 12.1 Å². The number of rotatable bonds is 17. The molecule has 13 heteroatoms. The van der Waals surface area contributed by atoms with E-state index in [1.165, 1.54) is 31.2 Å². The van der Waals surface area contributed by atoms with Crippen molar-refractivity contribution in [2.45, 2.75) is 114 Å². The Morgan fingerprint density at radius 2 is 1.67 bits per heavy atom. The summed E-state index contributed by atoms with van der Waals surface area (Å²) in [4.78, 5) is 66.0. The third-order valence-corrected chi connectivity index (χ3v) is 12.6. The third-order valence-electron chi connectivity index (χ3n) is 12.3. The zero-order valence-electron chi connectivity index (χ0n) is 33.1. The molecule has 7 rings (SSSR count). The number of nitrogens with one attached hydrogen (secondary N) is 2. The average Bonchev–Trinajstić information content (AvgIpc) is 3.71. The number of aliphatic hydroxyl groups excluding tert-OH is 1. The van der Waals surface area contributed by atoms with Crippen LogP contribution in [0.25, 0.3) is 0 Å². The standard InChI is InChI=1S/C44H56ClN7O5/c1-29-25-37(53)40-39(29)41(48-28-47-40)50-21-23-51(24-22-50)43(56)34(31-14-16-32(45)17-15-31)26-46-20-9-7-5-3-2-4-6-8-11-30-12-10-13-33-35(30)27-52(44(33)57)36-18-19-38(54)49-42(36)55/h10,12-17,28-29,34,36-37,46,53H,2-9,11,18-27H2,1H3,(H,49,54,55)/t29-,34?,36?,37-/m1/s1. The summed E-state index contributed by atoms with van der Waals surface area (Å²) in [6, 6.07) is 12.9. The molecule has 4 aliphatic rings. The Morgan fingerprint density at radius 3 is 2.40 bits per heavy atom. The minimum Gasteiger partial charge on any atom is -0.387 e. The van der Waals surface area contributed by atoms with Crippen LogP contribution in [0.1, 0.15) is 134 Å². The van der Waals surface area contributed by atoms with E-state index in [4.69, 9.17) is 11.6 Å². The first-order chi connectivity index (χ1) is 27.7. The average molecular weight is 798 g/mol. The Balaban J connectivity index is 0.791. The number of carbonyl (C=O) groups excluding carboxylic acids is 4. The lowest BCUT2D eigenvalue weighted by Crippen LogP contribution is -2.52. The van der Waals surface area contributed by atoms with Crippen LogP contribution in [0, 0.1) is 0 Å². The lowest BCUT2D eigenvalue weighted by Gasteiger charge is -2.38. The van der Waals surface area contributed by atoms with Crippen molar-refractivity contribution in [2.75, 3.05) is 44.2 Å². The van der Waals surface area contributed by atoms with Crippen molar-refractivity contribution in [3.05, 3.63) is 87.3 Å². The number of benzene rings is 2. The van der Waals surface area contributed by atoms with Gasteiger partial charge in [0.25, 0.3) is 5.91 Å². The Kier molecular flexibility index (Phi) is 13.5. The summed E-state index contributed by atoms with van der Waals surface area (Å²) in [5.74, 6) is 0.156. The molecule has 0 spiro atoms. The molecule has 4 amide bonds. The number of hydrogen-bond donors (Lipinski definition) is 3. The molecule has 2 unspecified atom stereocenters. The number of aliphatic hydroxyl groups is 1. The summed E-state index contributed by atoms with van der Waals surface area (Å²) in [6.45, 7) is 6.56. The largest absolute Gasteiger partial charge is 0.387 e. The molecule has 3 aliphatic heterocycles. The summed E-state index contributed by atoms with van der Waals surface area (Å²) in [6.07, 6.45) is 12.4. The number of anilines is 1. The zero-order valence-corrected chi connectivity index (χ0v) is 33.8. The highest BCUT2D eigenvalue weighted by molar-refractivity contribution is 6.30. The van der Waals surface area contributed by atoms with Crippen molar-refractivity contribution in [1.29, 1.82) is 0 Å². The summed E-state index contributed by atoms with van der Waals surface area (Å²) in [5.41, 5.74) is 5.65. The van der Waals surface area contributed by atoms with Crippen LogP contribution < -0.4 is 15.5 Å². The SMILES string of the molecule is C[C@@H]1C[C@@H](O)c2ncnc(N3CCN(C(=O)C(CNCCCCCCCCCCc4cccc5c4CN(C4CCC(=O)NC4=O)C5=O)c4ccc(Cl)cc4)CC3)c21. The van der Waals surface area contributed by atoms with E-state index >= 15 is 0 Å². The van der Waals surface area contributed by atoms with Crippen molar-refractivity contribution in [3.8, 4) is 0 Å². The number of fused-ring (bicyclic) bond motifs is 2. The van der Waals surface area contributed by atoms with E-state index in [9.17, 15) is 24.3 Å². The van der Waals surface area contributed by atoms with E-state index in [1.54, 1.807) is 11.2 Å². The second-order valence-corrected chi connectivity index (χ2v) is 16.6. The van der Waals surface area contributed by atoms with Gasteiger partial charge in [0.05, 0.1) is 17.7 Å². The number of piperazine rings is 1. The Hall–Kier alpha value is -4.39. The quantitative estimate of drug-likeness (QED) is 0.114. The topological polar surface area (TPSA) is 148 Å². The maximum atomic E-state index is 14.0. The highest BCUT2D eigenvalue weighted by Gasteiger charge is 2.40. The number of amides is 4. The first-order valence-corrected chi connectivity index (χ1v) is 21.4. The van der Waals surface area contributed by atoms with Gasteiger partial charge < -0.3 is 25.1 Å². The number of carbonyl (C=O) groups is 4. The molecule has 0 bridgehead atoms. The fourth-order valence-electron chi connectivity index (χ4n) is 9.11. The lowest BCUT2D eigenvalue weighted by molar-refractivity contribution is -0.137. The van der Waals surface area contributed by atoms with Crippen molar-refractivity contribution in [1.82, 2.24) is 30.4 Å². The number of aryl methyl sites for hydroxylation is 1. The van der Waals surface area contributed by atoms with Crippen LogP contribution in [-0.2, 0) is 27.3 Å². The van der Waals surface area contributed by atoms with Crippen LogP contribution in [0.2, 0.25) is 5.02 Å². The fraction of sp³-hybridized carbons (Fsp3) is 0.545. The smallest absolute Gasteiger partial charge is 0.255 e. The number of unbranched alkanes of at least 4 members (excludes halogenated alkanes) is 7. The van der Waals surface area contributed by atoms with Crippen molar-refractivity contribution >= 4 is 41.0 Å². The van der Waals surface area contributed by atoms with Crippen LogP contribution >= 0.6 is 11.6 Å². The van der Waals surface area contributed by atoms with Gasteiger partial charge in [-0.1, -0.05) is 81.3 Å². The van der Waals surface area contributed by atoms with Crippen LogP contribution in [-0.4, -0.2) is 93.8 Å². The second-order valence-electron chi connectivity index (χ2n) is 16.2. The van der Waals surface area contributed by atoms with E-state index in [0.29, 0.717) is 62.7 Å². The third kappa shape index (κ3) is 9.50. The van der Waals surface area contributed by atoms with Crippen LogP contribution in [0.5, 0.6) is 0 Å². The summed E-state index contributed by atoms with van der Waals surface area (Å²) < 4.78 is 0. The molecule has 3 N–H and O–H groups in total. The van der Waals surface area contributed by atoms with Gasteiger partial charge in [0.15, 0.2) is 0 Å². The highest BCUT2D eigenvalue weighted by Crippen LogP contribution is 2.43. The Morgan fingerprint density at radius 1 is 0.947 bits per heavy atom. The number of imide groups is 1. The molecule has 57 heavy (non-hydrogen) atoms. The van der Waals surface area contributed by atoms with Gasteiger partial charge in [-0.05, 0) is 79.5 Å². The number of nitrogens with zero attached hydrogens (tertiary/aromatic N) is 5. The minimum absolute atomic E-state index is 0.114. The first-order valence-electron chi connectivity index (χ1n) is 21.0. The summed E-state index contributed by atoms with van der Waals surface area (Å²) >= 11 is 6.21. The van der Waals surface area contributed by atoms with E-state index in [0.717, 1.165) is 66.9 Å². The van der Waals surface area contributed by atoms with E-state index in [-0.39, 0.29) is 41.9 Å². The molecule has 2 saturated heterocycles. The molecule has 0 radical (unpaired) electrons. The predicted molar refractivity (Wildman–Crippen MR) is 219 cm³/mol. The number of halogens is 1. The van der Waals surface area contributed by atoms with Gasteiger partial charge in [0.1, 0.15) is 18.2 Å². The molecule has 0 saturated carbocycles. The highest BCUT2D eigenvalue weighted by atomic mass is 35.5. The van der Waals surface area contributed by atoms with Gasteiger partial charge in [-0.3, -0.25) is 24.5 Å². The molecule has 4 heterocycles. The van der Waals surface area contributed by atoms with Crippen molar-refractivity contribution in [2.24, 2.45) is 0 Å². The molecule has 2 aromatic carbocycles. The van der Waals surface area contributed by atoms with Gasteiger partial charge in [0.2, 0.25) is 17.7 Å². The Bertz CT molecular complexity index is 1920. The Labute approximate surface area is 340 Å². The van der Waals surface area contributed by atoms with Gasteiger partial charge in [0, 0.05) is 61.8 Å². The van der Waals surface area contributed by atoms with Gasteiger partial charge >= 0.3 is 0 Å². The number of piperidine rings is 1. The van der Waals surface area contributed by atoms with Crippen molar-refractivity contribution in [3.63, 3.8) is 0 Å². The molecular formula is C44H56ClN7O5. The van der Waals surface area contributed by atoms with Gasteiger partial charge in [-0.25, -0.2) is 9.97 Å². The van der Waals surface area contributed by atoms with Crippen LogP contribution in [0.4, 0.5) is 5.82 Å². The second kappa shape index (κ2) is 18.9. The normalized spacial score (nSPS) is 21.1. The number of hydrogen-bond acceptors (Lipinski definition) is 9. The summed E-state index contributed by atoms with van der Waals surface area (Å²) in [7, 11) is 0. The maximum absolute atomic E-state index is 14.0. The minimum atomic E-state index is -0.584. The predicted octanol–water partition coefficient (Wildman–Crippen LogP) is 5.82. The van der Waals surface area contributed by atoms with Crippen LogP contribution in [0.15, 0.2) is 48.8 Å². The molecule has 304 valence electrons. The molecule has 1 aliphatic carbocycles. The molecule has 12 nitrogen and oxygen atoms in total. The molecule has 3 aromatic rings. The lowest BCUT2D eigenvalue weighted by atomic mass is 9.96. The molecule has 4 atom stereocenters. The van der Waals surface area contributed by atoms with E-state index in [1.807, 2.05) is 41.3 Å². The number of aromatic nitrogens is 2. The van der Waals surface area contributed by atoms with Gasteiger partial charge in [-0.2, -0.15) is 0 Å². The molecule has 2 fully saturated rings. The fourth-order valence-corrected chi connectivity index (χ4v) is 9.24.